The van der Waals surface area contributed by atoms with Gasteiger partial charge in [0.2, 0.25) is 5.88 Å². The maximum absolute atomic E-state index is 12.9. The maximum Gasteiger partial charge on any atom is 0.433 e. The average molecular weight is 497 g/mol. The molecule has 36 heavy (non-hydrogen) atoms. The number of pyridine rings is 1. The summed E-state index contributed by atoms with van der Waals surface area (Å²) in [6, 6.07) is 10.3. The molecule has 1 aromatic carbocycles. The molecule has 184 valence electrons. The largest absolute Gasteiger partial charge is 0.473 e. The van der Waals surface area contributed by atoms with Crippen LogP contribution in [0, 0.1) is 11.3 Å². The summed E-state index contributed by atoms with van der Waals surface area (Å²) in [5.74, 6) is 0.917. The average Bonchev–Trinajstić information content (AvgIpc) is 3.52. The summed E-state index contributed by atoms with van der Waals surface area (Å²) in [6.45, 7) is 1.87. The number of hydrogen-bond donors (Lipinski definition) is 0. The quantitative estimate of drug-likeness (QED) is 0.530. The van der Waals surface area contributed by atoms with Crippen LogP contribution in [-0.4, -0.2) is 39.3 Å². The van der Waals surface area contributed by atoms with Gasteiger partial charge in [-0.15, -0.1) is 0 Å². The van der Waals surface area contributed by atoms with Crippen molar-refractivity contribution in [2.45, 2.75) is 37.4 Å². The number of fused-ring (bicyclic) bond motifs is 3. The molecule has 6 rings (SSSR count). The predicted octanol–water partition coefficient (Wildman–Crippen LogP) is 3.26. The van der Waals surface area contributed by atoms with Crippen LogP contribution in [0.1, 0.15) is 23.2 Å². The van der Waals surface area contributed by atoms with E-state index in [4.69, 9.17) is 14.2 Å². The molecule has 5 heterocycles. The first-order valence-electron chi connectivity index (χ1n) is 11.1. The lowest BCUT2D eigenvalue weighted by Gasteiger charge is -2.32. The van der Waals surface area contributed by atoms with E-state index in [0.717, 1.165) is 31.0 Å². The zero-order valence-electron chi connectivity index (χ0n) is 18.7. The van der Waals surface area contributed by atoms with E-state index in [0.29, 0.717) is 18.7 Å². The molecule has 0 radical (unpaired) electrons. The Kier molecular flexibility index (Phi) is 4.94. The molecule has 3 aliphatic rings. The Balaban J connectivity index is 1.18. The van der Waals surface area contributed by atoms with Crippen molar-refractivity contribution < 1.29 is 27.4 Å². The Bertz CT molecular complexity index is 1470. The Hall–Kier alpha value is -4.11. The van der Waals surface area contributed by atoms with Crippen molar-refractivity contribution in [3.8, 4) is 23.4 Å². The third kappa shape index (κ3) is 3.72. The minimum Gasteiger partial charge on any atom is -0.473 e. The van der Waals surface area contributed by atoms with Crippen LogP contribution < -0.4 is 20.1 Å². The third-order valence-electron chi connectivity index (χ3n) is 6.65. The van der Waals surface area contributed by atoms with Gasteiger partial charge in [0.1, 0.15) is 35.7 Å². The van der Waals surface area contributed by atoms with E-state index < -0.39 is 17.6 Å². The molecule has 0 amide bonds. The van der Waals surface area contributed by atoms with E-state index in [1.54, 1.807) is 16.7 Å². The zero-order valence-corrected chi connectivity index (χ0v) is 18.7. The summed E-state index contributed by atoms with van der Waals surface area (Å²) >= 11 is 0. The molecular weight excluding hydrogens is 479 g/mol. The highest BCUT2D eigenvalue weighted by Crippen LogP contribution is 2.46. The minimum absolute atomic E-state index is 0.0230. The first-order valence-corrected chi connectivity index (χ1v) is 11.1. The molecule has 9 nitrogen and oxygen atoms in total. The zero-order chi connectivity index (χ0) is 25.1. The molecular formula is C24H18F3N5O4. The second-order valence-electron chi connectivity index (χ2n) is 9.00. The fourth-order valence-electron chi connectivity index (χ4n) is 5.02. The van der Waals surface area contributed by atoms with Crippen LogP contribution in [0.2, 0.25) is 0 Å². The van der Waals surface area contributed by atoms with Crippen LogP contribution >= 0.6 is 0 Å². The van der Waals surface area contributed by atoms with Crippen LogP contribution in [0.15, 0.2) is 47.4 Å². The van der Waals surface area contributed by atoms with E-state index in [2.05, 4.69) is 14.9 Å². The number of anilines is 1. The lowest BCUT2D eigenvalue weighted by Crippen LogP contribution is -2.46. The van der Waals surface area contributed by atoms with E-state index in [1.165, 1.54) is 18.2 Å². The summed E-state index contributed by atoms with van der Waals surface area (Å²) in [4.78, 5) is 22.1. The van der Waals surface area contributed by atoms with Gasteiger partial charge >= 0.3 is 11.9 Å². The molecule has 2 atom stereocenters. The molecule has 2 saturated heterocycles. The van der Waals surface area contributed by atoms with Crippen LogP contribution in [0.5, 0.6) is 17.4 Å². The molecule has 12 heteroatoms. The Morgan fingerprint density at radius 1 is 1.25 bits per heavy atom. The highest BCUT2D eigenvalue weighted by atomic mass is 19.4. The van der Waals surface area contributed by atoms with Crippen molar-refractivity contribution in [3.05, 3.63) is 69.9 Å². The number of nitriles is 1. The second kappa shape index (κ2) is 7.96. The number of nitrogens with zero attached hydrogens (tertiary/aromatic N) is 5. The monoisotopic (exact) mass is 497 g/mol. The number of aromatic nitrogens is 3. The topological polar surface area (TPSA) is 102 Å². The summed E-state index contributed by atoms with van der Waals surface area (Å²) < 4.78 is 57.4. The van der Waals surface area contributed by atoms with Gasteiger partial charge in [-0.25, -0.2) is 4.79 Å². The fourth-order valence-corrected chi connectivity index (χ4v) is 5.02. The van der Waals surface area contributed by atoms with Crippen molar-refractivity contribution in [1.82, 2.24) is 14.5 Å². The van der Waals surface area contributed by atoms with Gasteiger partial charge in [-0.05, 0) is 23.8 Å². The molecule has 2 aromatic heterocycles. The van der Waals surface area contributed by atoms with E-state index in [1.807, 2.05) is 6.07 Å². The number of benzene rings is 1. The lowest BCUT2D eigenvalue weighted by molar-refractivity contribution is -0.141. The fraction of sp³-hybridized carbons (Fsp3) is 0.333. The van der Waals surface area contributed by atoms with Gasteiger partial charge in [-0.3, -0.25) is 9.55 Å². The third-order valence-corrected chi connectivity index (χ3v) is 6.65. The van der Waals surface area contributed by atoms with Crippen molar-refractivity contribution in [1.29, 1.82) is 5.26 Å². The number of morpholine rings is 1. The molecule has 3 aliphatic heterocycles. The van der Waals surface area contributed by atoms with Crippen LogP contribution in [0.4, 0.5) is 19.0 Å². The van der Waals surface area contributed by atoms with Crippen molar-refractivity contribution in [2.75, 3.05) is 18.1 Å². The lowest BCUT2D eigenvalue weighted by atomic mass is 10.0. The normalized spacial score (nSPS) is 21.7. The Labute approximate surface area is 202 Å². The Morgan fingerprint density at radius 2 is 2.11 bits per heavy atom. The second-order valence-corrected chi connectivity index (χ2v) is 9.00. The molecule has 0 saturated carbocycles. The summed E-state index contributed by atoms with van der Waals surface area (Å²) in [7, 11) is 0. The van der Waals surface area contributed by atoms with Gasteiger partial charge in [0.25, 0.3) is 0 Å². The van der Waals surface area contributed by atoms with Gasteiger partial charge < -0.3 is 19.1 Å². The first-order chi connectivity index (χ1) is 17.2. The minimum atomic E-state index is -4.62. The van der Waals surface area contributed by atoms with Crippen LogP contribution in [-0.2, 0) is 24.1 Å². The number of hydrogen-bond acceptors (Lipinski definition) is 8. The molecule has 2 fully saturated rings. The highest BCUT2D eigenvalue weighted by molar-refractivity contribution is 5.53. The van der Waals surface area contributed by atoms with Gasteiger partial charge in [0.05, 0.1) is 30.4 Å². The number of rotatable bonds is 5. The van der Waals surface area contributed by atoms with Crippen LogP contribution in [0.3, 0.4) is 0 Å². The van der Waals surface area contributed by atoms with Gasteiger partial charge in [0, 0.05) is 31.3 Å². The number of halogens is 3. The van der Waals surface area contributed by atoms with Crippen LogP contribution in [0.25, 0.3) is 0 Å². The van der Waals surface area contributed by atoms with Crippen molar-refractivity contribution in [2.24, 2.45) is 0 Å². The van der Waals surface area contributed by atoms with Gasteiger partial charge in [-0.1, -0.05) is 6.07 Å². The smallest absolute Gasteiger partial charge is 0.433 e. The van der Waals surface area contributed by atoms with E-state index in [-0.39, 0.29) is 41.2 Å². The molecule has 0 unspecified atom stereocenters. The number of alkyl halides is 3. The summed E-state index contributed by atoms with van der Waals surface area (Å²) in [5, 5.41) is 9.54. The predicted molar refractivity (Wildman–Crippen MR) is 118 cm³/mol. The van der Waals surface area contributed by atoms with E-state index >= 15 is 0 Å². The van der Waals surface area contributed by atoms with Crippen molar-refractivity contribution in [3.63, 3.8) is 0 Å². The van der Waals surface area contributed by atoms with Gasteiger partial charge in [-0.2, -0.15) is 23.4 Å². The molecule has 2 bridgehead atoms. The first kappa shape index (κ1) is 22.4. The summed E-state index contributed by atoms with van der Waals surface area (Å²) in [6.07, 6.45) is -2.58. The highest BCUT2D eigenvalue weighted by Gasteiger charge is 2.56. The van der Waals surface area contributed by atoms with Gasteiger partial charge in [0.15, 0.2) is 0 Å². The standard InChI is InChI=1S/C24H18F3N5O4/c25-24(26,27)19-6-16(3-4-29-19)36-18-2-1-14(5-15(18)9-28)11-34-20-7-21-31(22(33)30-20)12-23-8-17(35-13-23)10-32(21)23/h1-7,17H,8,10-13H2/t17-,23+/m1/s1. The van der Waals surface area contributed by atoms with E-state index in [9.17, 15) is 23.2 Å². The molecule has 3 aromatic rings. The summed E-state index contributed by atoms with van der Waals surface area (Å²) in [5.41, 5.74) is -0.978. The molecule has 0 aliphatic carbocycles. The molecule has 0 N–H and O–H groups in total. The van der Waals surface area contributed by atoms with Crippen molar-refractivity contribution >= 4 is 5.82 Å². The SMILES string of the molecule is N#Cc1cc(COc2cc3n(c(=O)n2)C[C@@]24CO[C@@H](CN32)C4)ccc1Oc1ccnc(C(F)(F)F)c1. The Morgan fingerprint density at radius 3 is 2.89 bits per heavy atom. The number of ether oxygens (including phenoxy) is 3. The maximum atomic E-state index is 12.9. The molecule has 1 spiro atoms.